The molecule has 21 heavy (non-hydrogen) atoms. The molecule has 0 aromatic carbocycles. The highest BCUT2D eigenvalue weighted by atomic mass is 32.2. The summed E-state index contributed by atoms with van der Waals surface area (Å²) in [7, 11) is -3.44. The number of nitrogens with one attached hydrogen (secondary N) is 2. The molecule has 5 nitrogen and oxygen atoms in total. The third kappa shape index (κ3) is 5.67. The van der Waals surface area contributed by atoms with Crippen molar-refractivity contribution in [3.8, 4) is 0 Å². The summed E-state index contributed by atoms with van der Waals surface area (Å²) < 4.78 is 32.6. The Morgan fingerprint density at radius 1 is 1.43 bits per heavy atom. The Morgan fingerprint density at radius 3 is 2.86 bits per heavy atom. The van der Waals surface area contributed by atoms with Crippen LogP contribution in [0.1, 0.15) is 31.6 Å². The van der Waals surface area contributed by atoms with Crippen LogP contribution in [0.4, 0.5) is 0 Å². The summed E-state index contributed by atoms with van der Waals surface area (Å²) in [6.45, 7) is 6.11. The second-order valence-corrected chi connectivity index (χ2v) is 8.47. The van der Waals surface area contributed by atoms with Crippen LogP contribution in [0.15, 0.2) is 16.3 Å². The minimum absolute atomic E-state index is 0.306. The Hall–Kier alpha value is -0.470. The molecule has 1 aromatic heterocycles. The molecule has 1 aliphatic carbocycles. The van der Waals surface area contributed by atoms with Gasteiger partial charge in [0.2, 0.25) is 10.0 Å². The molecule has 0 aliphatic heterocycles. The molecule has 0 saturated heterocycles. The van der Waals surface area contributed by atoms with Gasteiger partial charge in [0.1, 0.15) is 0 Å². The first-order chi connectivity index (χ1) is 9.99. The monoisotopic (exact) mass is 332 g/mol. The van der Waals surface area contributed by atoms with Crippen LogP contribution in [0.25, 0.3) is 0 Å². The SMILES string of the molecule is CC(C)COCCNS(=O)(=O)c1ccsc1CNC1CC1. The minimum Gasteiger partial charge on any atom is -0.380 e. The van der Waals surface area contributed by atoms with Crippen molar-refractivity contribution in [2.45, 2.75) is 44.2 Å². The van der Waals surface area contributed by atoms with Crippen LogP contribution in [-0.2, 0) is 21.3 Å². The number of thiophene rings is 1. The van der Waals surface area contributed by atoms with Crippen LogP contribution >= 0.6 is 11.3 Å². The maximum atomic E-state index is 12.3. The summed E-state index contributed by atoms with van der Waals surface area (Å²) in [5.74, 6) is 0.457. The van der Waals surface area contributed by atoms with E-state index < -0.39 is 10.0 Å². The number of rotatable bonds is 10. The Morgan fingerprint density at radius 2 is 2.19 bits per heavy atom. The summed E-state index contributed by atoms with van der Waals surface area (Å²) in [6, 6.07) is 2.24. The molecule has 0 atom stereocenters. The predicted molar refractivity (Wildman–Crippen MR) is 85.0 cm³/mol. The lowest BCUT2D eigenvalue weighted by Crippen LogP contribution is -2.28. The lowest BCUT2D eigenvalue weighted by Gasteiger charge is -2.10. The Labute approximate surface area is 131 Å². The van der Waals surface area contributed by atoms with Crippen molar-refractivity contribution >= 4 is 21.4 Å². The van der Waals surface area contributed by atoms with E-state index in [-0.39, 0.29) is 0 Å². The Bertz CT molecular complexity index is 536. The van der Waals surface area contributed by atoms with Gasteiger partial charge in [-0.1, -0.05) is 13.8 Å². The molecule has 0 amide bonds. The zero-order valence-corrected chi connectivity index (χ0v) is 14.2. The highest BCUT2D eigenvalue weighted by molar-refractivity contribution is 7.89. The van der Waals surface area contributed by atoms with Crippen LogP contribution in [0, 0.1) is 5.92 Å². The highest BCUT2D eigenvalue weighted by Gasteiger charge is 2.23. The number of sulfonamides is 1. The van der Waals surface area contributed by atoms with Gasteiger partial charge in [-0.25, -0.2) is 13.1 Å². The van der Waals surface area contributed by atoms with Gasteiger partial charge in [-0.3, -0.25) is 0 Å². The lowest BCUT2D eigenvalue weighted by atomic mass is 10.2. The van der Waals surface area contributed by atoms with E-state index in [1.165, 1.54) is 24.2 Å². The van der Waals surface area contributed by atoms with Crippen molar-refractivity contribution < 1.29 is 13.2 Å². The molecule has 1 heterocycles. The zero-order valence-electron chi connectivity index (χ0n) is 12.6. The van der Waals surface area contributed by atoms with Crippen LogP contribution < -0.4 is 10.0 Å². The van der Waals surface area contributed by atoms with Crippen molar-refractivity contribution in [2.24, 2.45) is 5.92 Å². The summed E-state index contributed by atoms with van der Waals surface area (Å²) >= 11 is 1.48. The topological polar surface area (TPSA) is 67.4 Å². The van der Waals surface area contributed by atoms with E-state index in [4.69, 9.17) is 4.74 Å². The summed E-state index contributed by atoms with van der Waals surface area (Å²) in [5, 5.41) is 5.18. The van der Waals surface area contributed by atoms with Gasteiger partial charge < -0.3 is 10.1 Å². The minimum atomic E-state index is -3.44. The first kappa shape index (κ1) is 16.9. The molecule has 7 heteroatoms. The fourth-order valence-corrected chi connectivity index (χ4v) is 4.27. The van der Waals surface area contributed by atoms with Gasteiger partial charge in [0.05, 0.1) is 11.5 Å². The van der Waals surface area contributed by atoms with Crippen LogP contribution in [0.5, 0.6) is 0 Å². The molecule has 1 aliphatic rings. The Kier molecular flexibility index (Phi) is 6.19. The van der Waals surface area contributed by atoms with Gasteiger partial charge in [0, 0.05) is 30.6 Å². The largest absolute Gasteiger partial charge is 0.380 e. The number of hydrogen-bond acceptors (Lipinski definition) is 5. The van der Waals surface area contributed by atoms with Crippen molar-refractivity contribution in [3.63, 3.8) is 0 Å². The fourth-order valence-electron chi connectivity index (χ4n) is 1.87. The highest BCUT2D eigenvalue weighted by Crippen LogP contribution is 2.24. The van der Waals surface area contributed by atoms with Gasteiger partial charge in [-0.05, 0) is 30.2 Å². The van der Waals surface area contributed by atoms with Crippen molar-refractivity contribution in [1.29, 1.82) is 0 Å². The van der Waals surface area contributed by atoms with Crippen molar-refractivity contribution in [3.05, 3.63) is 16.3 Å². The lowest BCUT2D eigenvalue weighted by molar-refractivity contribution is 0.114. The standard InChI is InChI=1S/C14H24N2O3S2/c1-11(2)10-19-7-6-16-21(17,18)14-5-8-20-13(14)9-15-12-3-4-12/h5,8,11-12,15-16H,3-4,6-7,9-10H2,1-2H3. The quantitative estimate of drug-likeness (QED) is 0.643. The average Bonchev–Trinajstić information content (AvgIpc) is 3.11. The fraction of sp³-hybridized carbons (Fsp3) is 0.714. The molecule has 2 N–H and O–H groups in total. The second kappa shape index (κ2) is 7.69. The smallest absolute Gasteiger partial charge is 0.241 e. The van der Waals surface area contributed by atoms with Crippen LogP contribution in [0.2, 0.25) is 0 Å². The third-order valence-electron chi connectivity index (χ3n) is 3.11. The van der Waals surface area contributed by atoms with Gasteiger partial charge >= 0.3 is 0 Å². The predicted octanol–water partition coefficient (Wildman–Crippen LogP) is 1.95. The molecule has 1 fully saturated rings. The van der Waals surface area contributed by atoms with Crippen molar-refractivity contribution in [2.75, 3.05) is 19.8 Å². The van der Waals surface area contributed by atoms with E-state index >= 15 is 0 Å². The molecule has 0 radical (unpaired) electrons. The van der Waals surface area contributed by atoms with E-state index in [1.807, 2.05) is 5.38 Å². The van der Waals surface area contributed by atoms with Gasteiger partial charge in [-0.2, -0.15) is 0 Å². The van der Waals surface area contributed by atoms with Gasteiger partial charge in [-0.15, -0.1) is 11.3 Å². The first-order valence-corrected chi connectivity index (χ1v) is 9.72. The van der Waals surface area contributed by atoms with Crippen LogP contribution in [0.3, 0.4) is 0 Å². The average molecular weight is 332 g/mol. The zero-order chi connectivity index (χ0) is 15.3. The molecule has 0 spiro atoms. The summed E-state index contributed by atoms with van der Waals surface area (Å²) in [6.07, 6.45) is 2.39. The molecule has 120 valence electrons. The van der Waals surface area contributed by atoms with Crippen molar-refractivity contribution in [1.82, 2.24) is 10.0 Å². The number of ether oxygens (including phenoxy) is 1. The first-order valence-electron chi connectivity index (χ1n) is 7.36. The van der Waals surface area contributed by atoms with E-state index in [9.17, 15) is 8.42 Å². The maximum absolute atomic E-state index is 12.3. The molecule has 1 saturated carbocycles. The van der Waals surface area contributed by atoms with E-state index in [1.54, 1.807) is 6.07 Å². The van der Waals surface area contributed by atoms with E-state index in [0.717, 1.165) is 4.88 Å². The van der Waals surface area contributed by atoms with Crippen LogP contribution in [-0.4, -0.2) is 34.2 Å². The van der Waals surface area contributed by atoms with Gasteiger partial charge in [0.25, 0.3) is 0 Å². The van der Waals surface area contributed by atoms with Gasteiger partial charge in [0.15, 0.2) is 0 Å². The van der Waals surface area contributed by atoms with E-state index in [0.29, 0.717) is 43.2 Å². The maximum Gasteiger partial charge on any atom is 0.241 e. The molecule has 0 unspecified atom stereocenters. The normalized spacial score (nSPS) is 15.8. The summed E-state index contributed by atoms with van der Waals surface area (Å²) in [5.41, 5.74) is 0. The second-order valence-electron chi connectivity index (χ2n) is 5.73. The molecular weight excluding hydrogens is 308 g/mol. The Balaban J connectivity index is 1.82. The number of hydrogen-bond donors (Lipinski definition) is 2. The molecule has 0 bridgehead atoms. The molecule has 2 rings (SSSR count). The van der Waals surface area contributed by atoms with E-state index in [2.05, 4.69) is 23.9 Å². The molecule has 1 aromatic rings. The third-order valence-corrected chi connectivity index (χ3v) is 5.71. The summed E-state index contributed by atoms with van der Waals surface area (Å²) in [4.78, 5) is 1.27. The molecular formula is C14H24N2O3S2.